The molecule has 0 bridgehead atoms. The summed E-state index contributed by atoms with van der Waals surface area (Å²) in [4.78, 5) is 17.2. The van der Waals surface area contributed by atoms with Gasteiger partial charge in [0, 0.05) is 31.2 Å². The molecule has 0 amide bonds. The molecular weight excluding hydrogens is 328 g/mol. The van der Waals surface area contributed by atoms with E-state index in [1.807, 2.05) is 24.3 Å². The smallest absolute Gasteiger partial charge is 0.148 e. The third-order valence-electron chi connectivity index (χ3n) is 4.81. The topological polar surface area (TPSA) is 42.0 Å². The van der Waals surface area contributed by atoms with E-state index in [4.69, 9.17) is 21.1 Å². The molecule has 0 N–H and O–H groups in total. The zero-order valence-corrected chi connectivity index (χ0v) is 14.9. The Bertz CT molecular complexity index is 540. The van der Waals surface area contributed by atoms with E-state index in [1.165, 1.54) is 0 Å². The van der Waals surface area contributed by atoms with Crippen LogP contribution in [0.25, 0.3) is 0 Å². The van der Waals surface area contributed by atoms with Crippen LogP contribution in [0.1, 0.15) is 18.5 Å². The highest BCUT2D eigenvalue weighted by Gasteiger charge is 2.37. The van der Waals surface area contributed by atoms with E-state index >= 15 is 0 Å². The number of carbonyl (C=O) groups excluding carboxylic acids is 1. The molecule has 5 nitrogen and oxygen atoms in total. The molecule has 1 aromatic rings. The van der Waals surface area contributed by atoms with Crippen molar-refractivity contribution in [3.8, 4) is 0 Å². The van der Waals surface area contributed by atoms with Crippen molar-refractivity contribution in [2.75, 3.05) is 52.6 Å². The molecule has 0 saturated carbocycles. The first-order valence-electron chi connectivity index (χ1n) is 8.56. The molecule has 0 radical (unpaired) electrons. The van der Waals surface area contributed by atoms with Crippen molar-refractivity contribution < 1.29 is 14.3 Å². The summed E-state index contributed by atoms with van der Waals surface area (Å²) in [5, 5.41) is 0.713. The van der Waals surface area contributed by atoms with Crippen LogP contribution in [0.5, 0.6) is 0 Å². The quantitative estimate of drug-likeness (QED) is 0.811. The highest BCUT2D eigenvalue weighted by Crippen LogP contribution is 2.30. The van der Waals surface area contributed by atoms with Crippen molar-refractivity contribution in [3.63, 3.8) is 0 Å². The summed E-state index contributed by atoms with van der Waals surface area (Å²) in [7, 11) is 0. The van der Waals surface area contributed by atoms with Crippen LogP contribution in [-0.4, -0.2) is 74.2 Å². The summed E-state index contributed by atoms with van der Waals surface area (Å²) in [6.45, 7) is 7.72. The van der Waals surface area contributed by atoms with Gasteiger partial charge in [0.1, 0.15) is 5.78 Å². The van der Waals surface area contributed by atoms with Crippen LogP contribution in [0.4, 0.5) is 0 Å². The first kappa shape index (κ1) is 17.8. The Kier molecular flexibility index (Phi) is 6.25. The molecule has 1 aromatic carbocycles. The average Bonchev–Trinajstić information content (AvgIpc) is 2.62. The minimum absolute atomic E-state index is 0.0155. The van der Waals surface area contributed by atoms with Crippen molar-refractivity contribution in [3.05, 3.63) is 34.9 Å². The zero-order valence-electron chi connectivity index (χ0n) is 14.1. The standard InChI is InChI=1S/C18H25ClN2O3/c1-14(22)17(20-6-10-23-11-7-20)18(21-8-12-24-13-9-21)15-2-4-16(19)5-3-15/h2-5,17-18H,6-13H2,1H3/t17-,18-/m0/s1. The largest absolute Gasteiger partial charge is 0.379 e. The number of benzene rings is 1. The fraction of sp³-hybridized carbons (Fsp3) is 0.611. The normalized spacial score (nSPS) is 22.9. The molecule has 132 valence electrons. The molecular formula is C18H25ClN2O3. The Labute approximate surface area is 148 Å². The Morgan fingerprint density at radius 3 is 1.96 bits per heavy atom. The van der Waals surface area contributed by atoms with Gasteiger partial charge < -0.3 is 9.47 Å². The second-order valence-corrected chi connectivity index (χ2v) is 6.78. The molecule has 0 spiro atoms. The van der Waals surface area contributed by atoms with Crippen LogP contribution >= 0.6 is 11.6 Å². The molecule has 3 rings (SSSR count). The van der Waals surface area contributed by atoms with E-state index in [0.29, 0.717) is 31.5 Å². The summed E-state index contributed by atoms with van der Waals surface area (Å²) in [5.41, 5.74) is 1.13. The minimum Gasteiger partial charge on any atom is -0.379 e. The van der Waals surface area contributed by atoms with Crippen LogP contribution in [0.15, 0.2) is 24.3 Å². The van der Waals surface area contributed by atoms with Gasteiger partial charge in [0.2, 0.25) is 0 Å². The maximum absolute atomic E-state index is 12.6. The van der Waals surface area contributed by atoms with Gasteiger partial charge in [-0.3, -0.25) is 14.6 Å². The Hall–Kier alpha value is -0.980. The molecule has 2 saturated heterocycles. The summed E-state index contributed by atoms with van der Waals surface area (Å²) < 4.78 is 11.0. The Balaban J connectivity index is 1.93. The molecule has 0 aliphatic carbocycles. The number of carbonyl (C=O) groups is 1. The van der Waals surface area contributed by atoms with Gasteiger partial charge in [-0.15, -0.1) is 0 Å². The monoisotopic (exact) mass is 352 g/mol. The van der Waals surface area contributed by atoms with Crippen molar-refractivity contribution >= 4 is 17.4 Å². The first-order valence-corrected chi connectivity index (χ1v) is 8.94. The van der Waals surface area contributed by atoms with Crippen LogP contribution in [0.2, 0.25) is 5.02 Å². The van der Waals surface area contributed by atoms with E-state index in [9.17, 15) is 4.79 Å². The lowest BCUT2D eigenvalue weighted by molar-refractivity contribution is -0.128. The summed E-state index contributed by atoms with van der Waals surface area (Å²) in [6.07, 6.45) is 0. The van der Waals surface area contributed by atoms with Crippen molar-refractivity contribution in [1.82, 2.24) is 9.80 Å². The number of halogens is 1. The number of ketones is 1. The zero-order chi connectivity index (χ0) is 16.9. The summed E-state index contributed by atoms with van der Waals surface area (Å²) >= 11 is 6.07. The molecule has 6 heteroatoms. The second-order valence-electron chi connectivity index (χ2n) is 6.35. The van der Waals surface area contributed by atoms with Gasteiger partial charge >= 0.3 is 0 Å². The number of hydrogen-bond donors (Lipinski definition) is 0. The molecule has 2 aliphatic rings. The number of hydrogen-bond acceptors (Lipinski definition) is 5. The molecule has 2 heterocycles. The Morgan fingerprint density at radius 1 is 0.958 bits per heavy atom. The highest BCUT2D eigenvalue weighted by atomic mass is 35.5. The van der Waals surface area contributed by atoms with Gasteiger partial charge in [-0.05, 0) is 24.6 Å². The van der Waals surface area contributed by atoms with E-state index in [2.05, 4.69) is 9.80 Å². The van der Waals surface area contributed by atoms with Gasteiger partial charge in [0.25, 0.3) is 0 Å². The maximum atomic E-state index is 12.6. The maximum Gasteiger partial charge on any atom is 0.148 e. The lowest BCUT2D eigenvalue weighted by Crippen LogP contribution is -2.55. The number of Topliss-reactive ketones (excluding diaryl/α,β-unsaturated/α-hetero) is 1. The lowest BCUT2D eigenvalue weighted by Gasteiger charge is -2.43. The SMILES string of the molecule is CC(=O)[C@@H]([C@H](c1ccc(Cl)cc1)N1CCOCC1)N1CCOCC1. The van der Waals surface area contributed by atoms with Crippen molar-refractivity contribution in [1.29, 1.82) is 0 Å². The molecule has 0 aromatic heterocycles. The predicted octanol–water partition coefficient (Wildman–Crippen LogP) is 2.00. The van der Waals surface area contributed by atoms with Crippen LogP contribution in [0.3, 0.4) is 0 Å². The van der Waals surface area contributed by atoms with E-state index in [-0.39, 0.29) is 17.9 Å². The van der Waals surface area contributed by atoms with Crippen molar-refractivity contribution in [2.24, 2.45) is 0 Å². The van der Waals surface area contributed by atoms with Crippen LogP contribution in [0, 0.1) is 0 Å². The van der Waals surface area contributed by atoms with Gasteiger partial charge in [0.05, 0.1) is 38.5 Å². The molecule has 0 unspecified atom stereocenters. The van der Waals surface area contributed by atoms with Crippen LogP contribution < -0.4 is 0 Å². The molecule has 24 heavy (non-hydrogen) atoms. The fourth-order valence-corrected chi connectivity index (χ4v) is 3.77. The first-order chi connectivity index (χ1) is 11.7. The average molecular weight is 353 g/mol. The molecule has 2 fully saturated rings. The molecule has 2 atom stereocenters. The van der Waals surface area contributed by atoms with Gasteiger partial charge in [-0.1, -0.05) is 23.7 Å². The number of nitrogens with zero attached hydrogens (tertiary/aromatic N) is 2. The van der Waals surface area contributed by atoms with E-state index in [0.717, 1.165) is 31.7 Å². The number of rotatable bonds is 5. The predicted molar refractivity (Wildman–Crippen MR) is 93.4 cm³/mol. The van der Waals surface area contributed by atoms with Gasteiger partial charge in [0.15, 0.2) is 0 Å². The fourth-order valence-electron chi connectivity index (χ4n) is 3.64. The third kappa shape index (κ3) is 4.16. The van der Waals surface area contributed by atoms with Crippen LogP contribution in [-0.2, 0) is 14.3 Å². The summed E-state index contributed by atoms with van der Waals surface area (Å²) in [6, 6.07) is 7.73. The van der Waals surface area contributed by atoms with Crippen molar-refractivity contribution in [2.45, 2.75) is 19.0 Å². The third-order valence-corrected chi connectivity index (χ3v) is 5.06. The second kappa shape index (κ2) is 8.41. The molecule has 2 aliphatic heterocycles. The number of ether oxygens (including phenoxy) is 2. The number of morpholine rings is 2. The highest BCUT2D eigenvalue weighted by molar-refractivity contribution is 6.30. The van der Waals surface area contributed by atoms with Gasteiger partial charge in [-0.25, -0.2) is 0 Å². The van der Waals surface area contributed by atoms with E-state index in [1.54, 1.807) is 6.92 Å². The Morgan fingerprint density at radius 2 is 1.46 bits per heavy atom. The minimum atomic E-state index is -0.173. The summed E-state index contributed by atoms with van der Waals surface area (Å²) in [5.74, 6) is 0.198. The van der Waals surface area contributed by atoms with E-state index < -0.39 is 0 Å². The lowest BCUT2D eigenvalue weighted by atomic mass is 9.93. The van der Waals surface area contributed by atoms with Gasteiger partial charge in [-0.2, -0.15) is 0 Å².